The average molecular weight is 437 g/mol. The molecule has 5 heteroatoms. The zero-order valence-corrected chi connectivity index (χ0v) is 17.9. The number of halogens is 2. The first-order valence-corrected chi connectivity index (χ1v) is 10.6. The van der Waals surface area contributed by atoms with Gasteiger partial charge >= 0.3 is 0 Å². The van der Waals surface area contributed by atoms with Crippen LogP contribution in [0.4, 0.5) is 0 Å². The number of amides is 1. The summed E-state index contributed by atoms with van der Waals surface area (Å²) in [6, 6.07) is 21.1. The summed E-state index contributed by atoms with van der Waals surface area (Å²) in [5.74, 6) is -0.0707. The molecule has 0 bridgehead atoms. The highest BCUT2D eigenvalue weighted by Crippen LogP contribution is 2.26. The second kappa shape index (κ2) is 9.05. The molecule has 3 nitrogen and oxygen atoms in total. The largest absolute Gasteiger partial charge is 0.333 e. The van der Waals surface area contributed by atoms with Gasteiger partial charge < -0.3 is 10.6 Å². The number of nitrogens with two attached hydrogens (primary N) is 1. The van der Waals surface area contributed by atoms with Gasteiger partial charge in [0.2, 0.25) is 5.91 Å². The van der Waals surface area contributed by atoms with Crippen molar-refractivity contribution < 1.29 is 4.79 Å². The van der Waals surface area contributed by atoms with E-state index in [0.717, 1.165) is 27.8 Å². The summed E-state index contributed by atoms with van der Waals surface area (Å²) < 4.78 is 0. The van der Waals surface area contributed by atoms with Crippen molar-refractivity contribution in [1.82, 2.24) is 4.90 Å². The van der Waals surface area contributed by atoms with E-state index in [0.29, 0.717) is 29.6 Å². The Labute approximate surface area is 186 Å². The van der Waals surface area contributed by atoms with Gasteiger partial charge in [0.05, 0.1) is 6.04 Å². The molecule has 1 amide bonds. The molecule has 2 N–H and O–H groups in total. The van der Waals surface area contributed by atoms with E-state index in [1.807, 2.05) is 29.2 Å². The minimum Gasteiger partial charge on any atom is -0.333 e. The lowest BCUT2D eigenvalue weighted by molar-refractivity contribution is -0.133. The number of hydrogen-bond acceptors (Lipinski definition) is 2. The molecule has 0 aromatic heterocycles. The van der Waals surface area contributed by atoms with E-state index < -0.39 is 6.04 Å². The number of nitrogens with zero attached hydrogens (tertiary/aromatic N) is 1. The Hall–Kier alpha value is -2.59. The molecule has 0 radical (unpaired) electrons. The van der Waals surface area contributed by atoms with Gasteiger partial charge in [0.1, 0.15) is 0 Å². The Bertz CT molecular complexity index is 1100. The molecule has 3 aromatic carbocycles. The van der Waals surface area contributed by atoms with Crippen LogP contribution in [0.2, 0.25) is 10.0 Å². The van der Waals surface area contributed by atoms with Crippen molar-refractivity contribution in [3.05, 3.63) is 105 Å². The average Bonchev–Trinajstić information content (AvgIpc) is 3.17. The number of fused-ring (bicyclic) bond motifs is 1. The summed E-state index contributed by atoms with van der Waals surface area (Å²) in [4.78, 5) is 14.7. The molecule has 1 heterocycles. The Morgan fingerprint density at radius 3 is 2.43 bits per heavy atom. The fraction of sp³-hybridized carbons (Fsp3) is 0.160. The molecule has 3 aromatic rings. The van der Waals surface area contributed by atoms with Gasteiger partial charge in [0, 0.05) is 23.1 Å². The highest BCUT2D eigenvalue weighted by atomic mass is 35.5. The van der Waals surface area contributed by atoms with E-state index in [1.54, 1.807) is 12.1 Å². The maximum atomic E-state index is 12.9. The number of hydrogen-bond donors (Lipinski definition) is 1. The quantitative estimate of drug-likeness (QED) is 0.530. The summed E-state index contributed by atoms with van der Waals surface area (Å²) in [7, 11) is 0. The molecule has 1 aliphatic rings. The van der Waals surface area contributed by atoms with Crippen molar-refractivity contribution in [3.8, 4) is 0 Å². The first kappa shape index (κ1) is 20.7. The normalized spacial score (nSPS) is 14.2. The molecule has 30 heavy (non-hydrogen) atoms. The van der Waals surface area contributed by atoms with E-state index in [4.69, 9.17) is 28.9 Å². The van der Waals surface area contributed by atoms with E-state index in [2.05, 4.69) is 42.5 Å². The zero-order chi connectivity index (χ0) is 21.1. The first-order valence-electron chi connectivity index (χ1n) is 9.83. The van der Waals surface area contributed by atoms with Crippen molar-refractivity contribution in [2.45, 2.75) is 25.6 Å². The molecule has 1 aliphatic heterocycles. The maximum absolute atomic E-state index is 12.9. The molecule has 1 atom stereocenters. The van der Waals surface area contributed by atoms with Crippen molar-refractivity contribution in [2.24, 2.45) is 5.73 Å². The highest BCUT2D eigenvalue weighted by molar-refractivity contribution is 6.35. The monoisotopic (exact) mass is 436 g/mol. The number of carbonyl (C=O) groups excluding carboxylic acids is 1. The SMILES string of the molecule is NC(Cc1ccc(Cl)cc1Cl)C(=O)N1Cc2ccc(C=Cc3ccccc3)cc2C1. The molecule has 0 fully saturated rings. The van der Waals surface area contributed by atoms with Crippen molar-refractivity contribution in [1.29, 1.82) is 0 Å². The van der Waals surface area contributed by atoms with Crippen LogP contribution in [0.3, 0.4) is 0 Å². The summed E-state index contributed by atoms with van der Waals surface area (Å²) in [5, 5.41) is 1.10. The highest BCUT2D eigenvalue weighted by Gasteiger charge is 2.27. The lowest BCUT2D eigenvalue weighted by Crippen LogP contribution is -2.42. The molecular weight excluding hydrogens is 415 g/mol. The second-order valence-corrected chi connectivity index (χ2v) is 8.36. The fourth-order valence-electron chi connectivity index (χ4n) is 3.68. The second-order valence-electron chi connectivity index (χ2n) is 7.51. The molecule has 152 valence electrons. The van der Waals surface area contributed by atoms with Gasteiger partial charge in [-0.2, -0.15) is 0 Å². The summed E-state index contributed by atoms with van der Waals surface area (Å²) in [6.45, 7) is 1.15. The molecule has 0 saturated heterocycles. The Kier molecular flexibility index (Phi) is 6.24. The smallest absolute Gasteiger partial charge is 0.240 e. The summed E-state index contributed by atoms with van der Waals surface area (Å²) in [6.07, 6.45) is 4.56. The third kappa shape index (κ3) is 4.76. The van der Waals surface area contributed by atoms with Crippen LogP contribution >= 0.6 is 23.2 Å². The lowest BCUT2D eigenvalue weighted by atomic mass is 10.1. The van der Waals surface area contributed by atoms with Gasteiger partial charge in [-0.05, 0) is 52.4 Å². The van der Waals surface area contributed by atoms with Crippen LogP contribution in [-0.2, 0) is 24.3 Å². The fourth-order valence-corrected chi connectivity index (χ4v) is 4.16. The molecule has 0 saturated carbocycles. The molecule has 0 spiro atoms. The minimum atomic E-state index is -0.643. The number of benzene rings is 3. The van der Waals surface area contributed by atoms with Crippen LogP contribution in [0.25, 0.3) is 12.2 Å². The van der Waals surface area contributed by atoms with Crippen LogP contribution in [0.5, 0.6) is 0 Å². The topological polar surface area (TPSA) is 46.3 Å². The van der Waals surface area contributed by atoms with Gasteiger partial charge in [-0.15, -0.1) is 0 Å². The van der Waals surface area contributed by atoms with Crippen LogP contribution in [0.1, 0.15) is 27.8 Å². The lowest BCUT2D eigenvalue weighted by Gasteiger charge is -2.20. The van der Waals surface area contributed by atoms with Crippen molar-refractivity contribution in [2.75, 3.05) is 0 Å². The summed E-state index contributed by atoms with van der Waals surface area (Å²) in [5.41, 5.74) is 11.6. The van der Waals surface area contributed by atoms with Crippen LogP contribution in [-0.4, -0.2) is 16.8 Å². The predicted octanol–water partition coefficient (Wildman–Crippen LogP) is 5.58. The maximum Gasteiger partial charge on any atom is 0.240 e. The molecule has 1 unspecified atom stereocenters. The molecule has 4 rings (SSSR count). The third-order valence-corrected chi connectivity index (χ3v) is 5.89. The van der Waals surface area contributed by atoms with Gasteiger partial charge in [-0.25, -0.2) is 0 Å². The van der Waals surface area contributed by atoms with E-state index in [1.165, 1.54) is 0 Å². The van der Waals surface area contributed by atoms with Gasteiger partial charge in [-0.1, -0.05) is 83.9 Å². The van der Waals surface area contributed by atoms with E-state index in [9.17, 15) is 4.79 Å². The van der Waals surface area contributed by atoms with Gasteiger partial charge in [0.15, 0.2) is 0 Å². The zero-order valence-electron chi connectivity index (χ0n) is 16.4. The number of rotatable bonds is 5. The Morgan fingerprint density at radius 2 is 1.67 bits per heavy atom. The molecule has 0 aliphatic carbocycles. The standard InChI is InChI=1S/C25H22Cl2N2O/c26-22-11-10-19(23(27)14-22)13-24(28)25(30)29-15-20-9-8-18(12-21(20)16-29)7-6-17-4-2-1-3-5-17/h1-12,14,24H,13,15-16,28H2. The van der Waals surface area contributed by atoms with E-state index >= 15 is 0 Å². The van der Waals surface area contributed by atoms with Crippen molar-refractivity contribution >= 4 is 41.3 Å². The van der Waals surface area contributed by atoms with E-state index in [-0.39, 0.29) is 5.91 Å². The third-order valence-electron chi connectivity index (χ3n) is 5.30. The predicted molar refractivity (Wildman–Crippen MR) is 124 cm³/mol. The molecular formula is C25H22Cl2N2O. The summed E-state index contributed by atoms with van der Waals surface area (Å²) >= 11 is 12.2. The first-order chi connectivity index (χ1) is 14.5. The number of carbonyl (C=O) groups is 1. The Morgan fingerprint density at radius 1 is 0.933 bits per heavy atom. The van der Waals surface area contributed by atoms with Gasteiger partial charge in [-0.3, -0.25) is 4.79 Å². The van der Waals surface area contributed by atoms with Crippen molar-refractivity contribution in [3.63, 3.8) is 0 Å². The van der Waals surface area contributed by atoms with Crippen LogP contribution in [0.15, 0.2) is 66.7 Å². The van der Waals surface area contributed by atoms with Crippen LogP contribution in [0, 0.1) is 0 Å². The van der Waals surface area contributed by atoms with Gasteiger partial charge in [0.25, 0.3) is 0 Å². The van der Waals surface area contributed by atoms with Crippen LogP contribution < -0.4 is 5.73 Å². The minimum absolute atomic E-state index is 0.0707. The Balaban J connectivity index is 1.42.